The summed E-state index contributed by atoms with van der Waals surface area (Å²) in [6.07, 6.45) is 0.671. The Labute approximate surface area is 209 Å². The number of carbonyl (C=O) groups excluding carboxylic acids is 2. The van der Waals surface area contributed by atoms with Crippen LogP contribution in [0.25, 0.3) is 0 Å². The van der Waals surface area contributed by atoms with E-state index in [9.17, 15) is 9.59 Å². The molecule has 0 aromatic heterocycles. The Kier molecular flexibility index (Phi) is 9.67. The van der Waals surface area contributed by atoms with E-state index in [1.54, 1.807) is 41.9 Å². The Hall–Kier alpha value is -2.47. The van der Waals surface area contributed by atoms with Crippen LogP contribution in [0.1, 0.15) is 17.5 Å². The molecule has 0 aliphatic heterocycles. The second kappa shape index (κ2) is 12.7. The van der Waals surface area contributed by atoms with Gasteiger partial charge in [0, 0.05) is 52.7 Å². The Morgan fingerprint density at radius 2 is 1.52 bits per heavy atom. The summed E-state index contributed by atoms with van der Waals surface area (Å²) in [4.78, 5) is 29.1. The molecule has 0 spiro atoms. The molecule has 1 atom stereocenters. The molecular formula is C26H26Cl2N2O2S. The number of benzene rings is 3. The molecule has 7 heteroatoms. The van der Waals surface area contributed by atoms with Gasteiger partial charge in [-0.25, -0.2) is 0 Å². The van der Waals surface area contributed by atoms with Crippen molar-refractivity contribution in [1.82, 2.24) is 10.2 Å². The van der Waals surface area contributed by atoms with Crippen molar-refractivity contribution >= 4 is 46.8 Å². The highest BCUT2D eigenvalue weighted by Crippen LogP contribution is 2.28. The summed E-state index contributed by atoms with van der Waals surface area (Å²) in [5.41, 5.74) is 1.60. The first kappa shape index (κ1) is 25.2. The lowest BCUT2D eigenvalue weighted by Crippen LogP contribution is -2.49. The van der Waals surface area contributed by atoms with E-state index >= 15 is 0 Å². The Morgan fingerprint density at radius 3 is 2.12 bits per heavy atom. The lowest BCUT2D eigenvalue weighted by molar-refractivity contribution is -0.140. The van der Waals surface area contributed by atoms with E-state index in [2.05, 4.69) is 5.32 Å². The van der Waals surface area contributed by atoms with Gasteiger partial charge in [0.15, 0.2) is 0 Å². The van der Waals surface area contributed by atoms with Gasteiger partial charge in [-0.05, 0) is 29.8 Å². The zero-order valence-electron chi connectivity index (χ0n) is 18.3. The van der Waals surface area contributed by atoms with Gasteiger partial charge in [-0.2, -0.15) is 0 Å². The fraction of sp³-hybridized carbons (Fsp3) is 0.231. The number of likely N-dealkylation sites (N-methyl/N-ethyl adjacent to an activating group) is 1. The number of rotatable bonds is 10. The van der Waals surface area contributed by atoms with Gasteiger partial charge in [0.05, 0.1) is 0 Å². The maximum absolute atomic E-state index is 13.5. The number of amides is 2. The summed E-state index contributed by atoms with van der Waals surface area (Å²) in [5, 5.41) is 3.65. The van der Waals surface area contributed by atoms with Gasteiger partial charge in [-0.3, -0.25) is 9.59 Å². The number of halogens is 2. The number of hydrogen-bond donors (Lipinski definition) is 1. The molecule has 172 valence electrons. The van der Waals surface area contributed by atoms with E-state index < -0.39 is 6.04 Å². The maximum Gasteiger partial charge on any atom is 0.242 e. The number of carbonyl (C=O) groups is 2. The van der Waals surface area contributed by atoms with Crippen LogP contribution < -0.4 is 5.32 Å². The molecule has 0 bridgehead atoms. The van der Waals surface area contributed by atoms with Crippen LogP contribution in [0.3, 0.4) is 0 Å². The molecule has 3 aromatic rings. The Morgan fingerprint density at radius 1 is 0.909 bits per heavy atom. The van der Waals surface area contributed by atoms with Crippen molar-refractivity contribution in [3.63, 3.8) is 0 Å². The normalized spacial score (nSPS) is 11.6. The average molecular weight is 501 g/mol. The SMILES string of the molecule is CNC(=O)C(Cc1ccccc1)N(Cc1c(Cl)cccc1Cl)C(=O)CCSc1ccccc1. The topological polar surface area (TPSA) is 49.4 Å². The molecule has 4 nitrogen and oxygen atoms in total. The zero-order valence-corrected chi connectivity index (χ0v) is 20.7. The van der Waals surface area contributed by atoms with Crippen LogP contribution in [0.4, 0.5) is 0 Å². The molecule has 1 N–H and O–H groups in total. The van der Waals surface area contributed by atoms with Crippen LogP contribution in [0.2, 0.25) is 10.0 Å². The Bertz CT molecular complexity index is 1040. The largest absolute Gasteiger partial charge is 0.357 e. The highest BCUT2D eigenvalue weighted by molar-refractivity contribution is 7.99. The van der Waals surface area contributed by atoms with Crippen molar-refractivity contribution in [3.8, 4) is 0 Å². The predicted molar refractivity (Wildman–Crippen MR) is 137 cm³/mol. The maximum atomic E-state index is 13.5. The van der Waals surface area contributed by atoms with Crippen LogP contribution in [0.15, 0.2) is 83.8 Å². The monoisotopic (exact) mass is 500 g/mol. The molecule has 3 rings (SSSR count). The smallest absolute Gasteiger partial charge is 0.242 e. The van der Waals surface area contributed by atoms with Crippen molar-refractivity contribution in [2.24, 2.45) is 0 Å². The summed E-state index contributed by atoms with van der Waals surface area (Å²) < 4.78 is 0. The molecule has 2 amide bonds. The van der Waals surface area contributed by atoms with Crippen molar-refractivity contribution in [3.05, 3.63) is 100 Å². The van der Waals surface area contributed by atoms with Gasteiger partial charge in [0.1, 0.15) is 6.04 Å². The van der Waals surface area contributed by atoms with E-state index in [1.807, 2.05) is 60.7 Å². The van der Waals surface area contributed by atoms with Crippen LogP contribution in [-0.2, 0) is 22.6 Å². The molecule has 0 saturated heterocycles. The standard InChI is InChI=1S/C26H26Cl2N2O2S/c1-29-26(32)24(17-19-9-4-2-5-10-19)30(18-21-22(27)13-8-14-23(21)28)25(31)15-16-33-20-11-6-3-7-12-20/h2-14,24H,15-18H2,1H3,(H,29,32). The third-order valence-corrected chi connectivity index (χ3v) is 6.96. The van der Waals surface area contributed by atoms with E-state index in [0.717, 1.165) is 10.5 Å². The molecule has 0 aliphatic rings. The summed E-state index contributed by atoms with van der Waals surface area (Å²) in [6, 6.07) is 24.1. The summed E-state index contributed by atoms with van der Waals surface area (Å²) in [6.45, 7) is 0.151. The predicted octanol–water partition coefficient (Wildman–Crippen LogP) is 5.86. The lowest BCUT2D eigenvalue weighted by Gasteiger charge is -2.31. The minimum absolute atomic E-state index is 0.126. The first-order valence-electron chi connectivity index (χ1n) is 10.7. The van der Waals surface area contributed by atoms with Crippen molar-refractivity contribution in [2.75, 3.05) is 12.8 Å². The third kappa shape index (κ3) is 7.26. The van der Waals surface area contributed by atoms with Gasteiger partial charge < -0.3 is 10.2 Å². The minimum Gasteiger partial charge on any atom is -0.357 e. The quantitative estimate of drug-likeness (QED) is 0.354. The van der Waals surface area contributed by atoms with Crippen LogP contribution in [0, 0.1) is 0 Å². The number of hydrogen-bond acceptors (Lipinski definition) is 3. The molecule has 3 aromatic carbocycles. The summed E-state index contributed by atoms with van der Waals surface area (Å²) in [5.74, 6) is 0.242. The highest BCUT2D eigenvalue weighted by Gasteiger charge is 2.30. The number of nitrogens with one attached hydrogen (secondary N) is 1. The summed E-state index contributed by atoms with van der Waals surface area (Å²) in [7, 11) is 1.58. The zero-order chi connectivity index (χ0) is 23.6. The van der Waals surface area contributed by atoms with Crippen LogP contribution in [0.5, 0.6) is 0 Å². The molecule has 1 unspecified atom stereocenters. The van der Waals surface area contributed by atoms with E-state index in [0.29, 0.717) is 27.8 Å². The number of thioether (sulfide) groups is 1. The van der Waals surface area contributed by atoms with Gasteiger partial charge in [-0.15, -0.1) is 11.8 Å². The van der Waals surface area contributed by atoms with Gasteiger partial charge in [0.2, 0.25) is 11.8 Å². The third-order valence-electron chi connectivity index (χ3n) is 5.24. The van der Waals surface area contributed by atoms with Crippen molar-refractivity contribution < 1.29 is 9.59 Å². The van der Waals surface area contributed by atoms with E-state index in [1.165, 1.54) is 0 Å². The lowest BCUT2D eigenvalue weighted by atomic mass is 10.0. The molecule has 0 saturated carbocycles. The first-order valence-corrected chi connectivity index (χ1v) is 12.4. The van der Waals surface area contributed by atoms with Gasteiger partial charge >= 0.3 is 0 Å². The minimum atomic E-state index is -0.695. The molecule has 33 heavy (non-hydrogen) atoms. The molecule has 0 radical (unpaired) electrons. The molecule has 0 aliphatic carbocycles. The summed E-state index contributed by atoms with van der Waals surface area (Å²) >= 11 is 14.4. The highest BCUT2D eigenvalue weighted by atomic mass is 35.5. The van der Waals surface area contributed by atoms with Gasteiger partial charge in [-0.1, -0.05) is 77.8 Å². The molecular weight excluding hydrogens is 475 g/mol. The van der Waals surface area contributed by atoms with Crippen molar-refractivity contribution in [1.29, 1.82) is 0 Å². The fourth-order valence-corrected chi connectivity index (χ4v) is 4.87. The van der Waals surface area contributed by atoms with Gasteiger partial charge in [0.25, 0.3) is 0 Å². The average Bonchev–Trinajstić information content (AvgIpc) is 2.83. The van der Waals surface area contributed by atoms with Crippen LogP contribution in [-0.4, -0.2) is 35.6 Å². The van der Waals surface area contributed by atoms with Crippen molar-refractivity contribution in [2.45, 2.75) is 30.3 Å². The van der Waals surface area contributed by atoms with E-state index in [-0.39, 0.29) is 24.8 Å². The number of nitrogens with zero attached hydrogens (tertiary/aromatic N) is 1. The van der Waals surface area contributed by atoms with E-state index in [4.69, 9.17) is 23.2 Å². The Balaban J connectivity index is 1.86. The first-order chi connectivity index (χ1) is 16.0. The molecule has 0 heterocycles. The second-order valence-electron chi connectivity index (χ2n) is 7.45. The molecule has 0 fully saturated rings. The fourth-order valence-electron chi connectivity index (χ4n) is 3.49. The van der Waals surface area contributed by atoms with Crippen LogP contribution >= 0.6 is 35.0 Å². The second-order valence-corrected chi connectivity index (χ2v) is 9.44.